The molecule has 0 aliphatic heterocycles. The molecule has 0 heterocycles. The molecule has 0 fully saturated rings. The first-order valence-electron chi connectivity index (χ1n) is 7.03. The van der Waals surface area contributed by atoms with Crippen LogP contribution in [0.25, 0.3) is 0 Å². The number of ether oxygens (including phenoxy) is 1. The van der Waals surface area contributed by atoms with Gasteiger partial charge in [0.1, 0.15) is 5.75 Å². The van der Waals surface area contributed by atoms with Crippen LogP contribution in [0.4, 0.5) is 0 Å². The van der Waals surface area contributed by atoms with Crippen molar-refractivity contribution in [2.75, 3.05) is 0 Å². The van der Waals surface area contributed by atoms with Crippen molar-refractivity contribution in [2.24, 2.45) is 0 Å². The van der Waals surface area contributed by atoms with E-state index in [1.54, 1.807) is 30.3 Å². The van der Waals surface area contributed by atoms with Gasteiger partial charge in [0, 0.05) is 16.6 Å². The van der Waals surface area contributed by atoms with Crippen LogP contribution < -0.4 is 10.1 Å². The summed E-state index contributed by atoms with van der Waals surface area (Å²) in [5, 5.41) is 4.05. The van der Waals surface area contributed by atoms with Crippen LogP contribution in [0.5, 0.6) is 5.75 Å². The molecule has 2 rings (SSSR count). The number of rotatable bonds is 6. The third-order valence-corrected chi connectivity index (χ3v) is 3.75. The summed E-state index contributed by atoms with van der Waals surface area (Å²) in [7, 11) is 0. The minimum atomic E-state index is -0.569. The van der Waals surface area contributed by atoms with E-state index in [0.29, 0.717) is 28.8 Å². The topological polar surface area (TPSA) is 38.3 Å². The van der Waals surface area contributed by atoms with Crippen LogP contribution in [-0.4, -0.2) is 12.0 Å². The fourth-order valence-electron chi connectivity index (χ4n) is 1.96. The van der Waals surface area contributed by atoms with Gasteiger partial charge in [-0.1, -0.05) is 54.4 Å². The SMILES string of the molecule is CC[C@H](Oc1cccc(Cl)c1)C(=O)NCc1ccccc1Cl. The van der Waals surface area contributed by atoms with Gasteiger partial charge in [-0.3, -0.25) is 4.79 Å². The van der Waals surface area contributed by atoms with E-state index < -0.39 is 6.10 Å². The second-order valence-electron chi connectivity index (χ2n) is 4.78. The quantitative estimate of drug-likeness (QED) is 0.844. The van der Waals surface area contributed by atoms with Gasteiger partial charge in [-0.2, -0.15) is 0 Å². The van der Waals surface area contributed by atoms with E-state index in [9.17, 15) is 4.79 Å². The van der Waals surface area contributed by atoms with Crippen LogP contribution in [0.1, 0.15) is 18.9 Å². The van der Waals surface area contributed by atoms with Gasteiger partial charge >= 0.3 is 0 Å². The molecular formula is C17H17Cl2NO2. The number of carbonyl (C=O) groups excluding carboxylic acids is 1. The number of hydrogen-bond acceptors (Lipinski definition) is 2. The molecule has 22 heavy (non-hydrogen) atoms. The zero-order valence-corrected chi connectivity index (χ0v) is 13.7. The summed E-state index contributed by atoms with van der Waals surface area (Å²) in [5.74, 6) is 0.398. The Hall–Kier alpha value is -1.71. The molecule has 0 aliphatic carbocycles. The second kappa shape index (κ2) is 8.06. The van der Waals surface area contributed by atoms with Gasteiger partial charge in [0.25, 0.3) is 5.91 Å². The monoisotopic (exact) mass is 337 g/mol. The highest BCUT2D eigenvalue weighted by atomic mass is 35.5. The second-order valence-corrected chi connectivity index (χ2v) is 5.62. The molecule has 3 nitrogen and oxygen atoms in total. The van der Waals surface area contributed by atoms with E-state index in [1.165, 1.54) is 0 Å². The molecule has 0 saturated heterocycles. The lowest BCUT2D eigenvalue weighted by Crippen LogP contribution is -2.37. The molecule has 2 aromatic carbocycles. The minimum absolute atomic E-state index is 0.178. The minimum Gasteiger partial charge on any atom is -0.481 e. The summed E-state index contributed by atoms with van der Waals surface area (Å²) in [6, 6.07) is 14.4. The summed E-state index contributed by atoms with van der Waals surface area (Å²) in [6.45, 7) is 2.26. The molecule has 0 bridgehead atoms. The molecule has 1 amide bonds. The molecule has 0 unspecified atom stereocenters. The maximum atomic E-state index is 12.2. The van der Waals surface area contributed by atoms with Crippen molar-refractivity contribution in [3.05, 3.63) is 64.1 Å². The lowest BCUT2D eigenvalue weighted by molar-refractivity contribution is -0.128. The summed E-state index contributed by atoms with van der Waals surface area (Å²) < 4.78 is 5.70. The van der Waals surface area contributed by atoms with Gasteiger partial charge in [0.15, 0.2) is 6.10 Å². The maximum absolute atomic E-state index is 12.2. The Morgan fingerprint density at radius 3 is 2.64 bits per heavy atom. The Bertz CT molecular complexity index is 646. The summed E-state index contributed by atoms with van der Waals surface area (Å²) in [6.07, 6.45) is -0.0121. The summed E-state index contributed by atoms with van der Waals surface area (Å²) >= 11 is 12.0. The Morgan fingerprint density at radius 2 is 1.95 bits per heavy atom. The molecule has 0 saturated carbocycles. The van der Waals surface area contributed by atoms with Gasteiger partial charge in [-0.05, 0) is 36.2 Å². The fraction of sp³-hybridized carbons (Fsp3) is 0.235. The van der Waals surface area contributed by atoms with Crippen molar-refractivity contribution in [2.45, 2.75) is 26.0 Å². The molecule has 2 aromatic rings. The van der Waals surface area contributed by atoms with Gasteiger partial charge in [-0.15, -0.1) is 0 Å². The Balaban J connectivity index is 1.96. The van der Waals surface area contributed by atoms with E-state index in [4.69, 9.17) is 27.9 Å². The van der Waals surface area contributed by atoms with Crippen LogP contribution in [0.2, 0.25) is 10.0 Å². The molecule has 5 heteroatoms. The van der Waals surface area contributed by atoms with Gasteiger partial charge < -0.3 is 10.1 Å². The molecular weight excluding hydrogens is 321 g/mol. The lowest BCUT2D eigenvalue weighted by atomic mass is 10.2. The standard InChI is InChI=1S/C17H17Cl2NO2/c1-2-16(22-14-8-5-7-13(18)10-14)17(21)20-11-12-6-3-4-9-15(12)19/h3-10,16H,2,11H2,1H3,(H,20,21)/t16-/m0/s1. The number of carbonyl (C=O) groups is 1. The molecule has 116 valence electrons. The Labute approximate surface area is 140 Å². The number of benzene rings is 2. The number of halogens is 2. The van der Waals surface area contributed by atoms with E-state index >= 15 is 0 Å². The normalized spacial score (nSPS) is 11.8. The van der Waals surface area contributed by atoms with E-state index in [1.807, 2.05) is 25.1 Å². The largest absolute Gasteiger partial charge is 0.481 e. The van der Waals surface area contributed by atoms with Crippen molar-refractivity contribution in [1.29, 1.82) is 0 Å². The lowest BCUT2D eigenvalue weighted by Gasteiger charge is -2.17. The predicted octanol–water partition coefficient (Wildman–Crippen LogP) is 4.47. The zero-order valence-electron chi connectivity index (χ0n) is 12.2. The van der Waals surface area contributed by atoms with Crippen LogP contribution in [0.15, 0.2) is 48.5 Å². The molecule has 0 radical (unpaired) electrons. The zero-order chi connectivity index (χ0) is 15.9. The third kappa shape index (κ3) is 4.65. The van der Waals surface area contributed by atoms with Crippen molar-refractivity contribution >= 4 is 29.1 Å². The van der Waals surface area contributed by atoms with Crippen LogP contribution in [-0.2, 0) is 11.3 Å². The highest BCUT2D eigenvalue weighted by Crippen LogP contribution is 2.19. The van der Waals surface area contributed by atoms with E-state index in [-0.39, 0.29) is 5.91 Å². The van der Waals surface area contributed by atoms with Crippen LogP contribution in [0.3, 0.4) is 0 Å². The van der Waals surface area contributed by atoms with Crippen LogP contribution >= 0.6 is 23.2 Å². The smallest absolute Gasteiger partial charge is 0.261 e. The van der Waals surface area contributed by atoms with Gasteiger partial charge in [-0.25, -0.2) is 0 Å². The molecule has 1 N–H and O–H groups in total. The van der Waals surface area contributed by atoms with Gasteiger partial charge in [0.05, 0.1) is 0 Å². The molecule has 0 aliphatic rings. The van der Waals surface area contributed by atoms with Crippen molar-refractivity contribution in [1.82, 2.24) is 5.32 Å². The van der Waals surface area contributed by atoms with Crippen molar-refractivity contribution < 1.29 is 9.53 Å². The fourth-order valence-corrected chi connectivity index (χ4v) is 2.35. The first kappa shape index (κ1) is 16.7. The average Bonchev–Trinajstić information content (AvgIpc) is 2.51. The molecule has 1 atom stereocenters. The molecule has 0 aromatic heterocycles. The summed E-state index contributed by atoms with van der Waals surface area (Å²) in [4.78, 5) is 12.2. The van der Waals surface area contributed by atoms with E-state index in [2.05, 4.69) is 5.32 Å². The van der Waals surface area contributed by atoms with Crippen molar-refractivity contribution in [3.8, 4) is 5.75 Å². The summed E-state index contributed by atoms with van der Waals surface area (Å²) in [5.41, 5.74) is 0.870. The number of hydrogen-bond donors (Lipinski definition) is 1. The Kier molecular flexibility index (Phi) is 6.10. The van der Waals surface area contributed by atoms with Crippen LogP contribution in [0, 0.1) is 0 Å². The van der Waals surface area contributed by atoms with Crippen molar-refractivity contribution in [3.63, 3.8) is 0 Å². The van der Waals surface area contributed by atoms with E-state index in [0.717, 1.165) is 5.56 Å². The average molecular weight is 338 g/mol. The number of amides is 1. The first-order valence-corrected chi connectivity index (χ1v) is 7.79. The third-order valence-electron chi connectivity index (χ3n) is 3.15. The predicted molar refractivity (Wildman–Crippen MR) is 89.5 cm³/mol. The Morgan fingerprint density at radius 1 is 1.18 bits per heavy atom. The number of nitrogens with one attached hydrogen (secondary N) is 1. The molecule has 0 spiro atoms. The first-order chi connectivity index (χ1) is 10.6. The van der Waals surface area contributed by atoms with Gasteiger partial charge in [0.2, 0.25) is 0 Å². The highest BCUT2D eigenvalue weighted by molar-refractivity contribution is 6.31. The maximum Gasteiger partial charge on any atom is 0.261 e. The highest BCUT2D eigenvalue weighted by Gasteiger charge is 2.18.